The highest BCUT2D eigenvalue weighted by Gasteiger charge is 2.13. The maximum Gasteiger partial charge on any atom is 0.191 e. The van der Waals surface area contributed by atoms with E-state index in [1.54, 1.807) is 0 Å². The van der Waals surface area contributed by atoms with E-state index in [0.717, 1.165) is 32.0 Å². The van der Waals surface area contributed by atoms with Gasteiger partial charge in [-0.15, -0.1) is 12.4 Å². The van der Waals surface area contributed by atoms with Crippen LogP contribution in [0.15, 0.2) is 65.7 Å². The first-order valence-electron chi connectivity index (χ1n) is 9.55. The van der Waals surface area contributed by atoms with Gasteiger partial charge in [0.25, 0.3) is 0 Å². The molecule has 2 aromatic carbocycles. The van der Waals surface area contributed by atoms with E-state index in [1.807, 2.05) is 0 Å². The van der Waals surface area contributed by atoms with Gasteiger partial charge >= 0.3 is 0 Å². The standard InChI is InChI=1S/C22H29N3.ClH/c1-2-10-17-24-22(23-16-9-1)25-18-15-21(19-11-5-3-6-12-19)20-13-7-4-8-14-20;/h3-8,11-14,21H,1-2,9-10,15-18H2,(H2,23,24,25);1H. The molecular formula is C22H30ClN3. The molecule has 3 rings (SSSR count). The van der Waals surface area contributed by atoms with E-state index in [1.165, 1.54) is 36.8 Å². The fourth-order valence-corrected chi connectivity index (χ4v) is 3.39. The molecule has 0 spiro atoms. The van der Waals surface area contributed by atoms with E-state index in [2.05, 4.69) is 76.3 Å². The largest absolute Gasteiger partial charge is 0.356 e. The first kappa shape index (κ1) is 20.3. The summed E-state index contributed by atoms with van der Waals surface area (Å²) in [6.07, 6.45) is 6.08. The molecule has 140 valence electrons. The summed E-state index contributed by atoms with van der Waals surface area (Å²) in [5, 5.41) is 6.98. The normalized spacial score (nSPS) is 14.9. The van der Waals surface area contributed by atoms with Gasteiger partial charge in [0.1, 0.15) is 0 Å². The zero-order valence-corrected chi connectivity index (χ0v) is 16.2. The lowest BCUT2D eigenvalue weighted by Gasteiger charge is -2.19. The fourth-order valence-electron chi connectivity index (χ4n) is 3.39. The van der Waals surface area contributed by atoms with Crippen molar-refractivity contribution in [2.45, 2.75) is 38.0 Å². The third kappa shape index (κ3) is 6.38. The predicted molar refractivity (Wildman–Crippen MR) is 113 cm³/mol. The van der Waals surface area contributed by atoms with Crippen LogP contribution in [-0.4, -0.2) is 25.6 Å². The van der Waals surface area contributed by atoms with Crippen molar-refractivity contribution < 1.29 is 0 Å². The van der Waals surface area contributed by atoms with Gasteiger partial charge in [-0.25, -0.2) is 0 Å². The second kappa shape index (κ2) is 11.6. The third-order valence-electron chi connectivity index (χ3n) is 4.78. The van der Waals surface area contributed by atoms with E-state index in [4.69, 9.17) is 0 Å². The molecule has 0 unspecified atom stereocenters. The quantitative estimate of drug-likeness (QED) is 0.796. The zero-order valence-electron chi connectivity index (χ0n) is 15.4. The van der Waals surface area contributed by atoms with Gasteiger partial charge in [0.2, 0.25) is 0 Å². The third-order valence-corrected chi connectivity index (χ3v) is 4.78. The van der Waals surface area contributed by atoms with Crippen molar-refractivity contribution in [2.24, 2.45) is 4.99 Å². The Kier molecular flexibility index (Phi) is 9.05. The van der Waals surface area contributed by atoms with Crippen molar-refractivity contribution in [3.63, 3.8) is 0 Å². The minimum Gasteiger partial charge on any atom is -0.356 e. The lowest BCUT2D eigenvalue weighted by atomic mass is 9.88. The van der Waals surface area contributed by atoms with Crippen LogP contribution in [0, 0.1) is 0 Å². The Hall–Kier alpha value is -2.00. The Morgan fingerprint density at radius 1 is 0.846 bits per heavy atom. The molecule has 0 saturated carbocycles. The number of aliphatic imine (C=N–C) groups is 1. The highest BCUT2D eigenvalue weighted by atomic mass is 35.5. The van der Waals surface area contributed by atoms with Crippen LogP contribution in [0.2, 0.25) is 0 Å². The molecule has 1 aliphatic heterocycles. The van der Waals surface area contributed by atoms with Gasteiger partial charge in [-0.2, -0.15) is 0 Å². The Labute approximate surface area is 163 Å². The van der Waals surface area contributed by atoms with Crippen LogP contribution >= 0.6 is 12.4 Å². The van der Waals surface area contributed by atoms with E-state index in [0.29, 0.717) is 5.92 Å². The summed E-state index contributed by atoms with van der Waals surface area (Å²) in [5.74, 6) is 1.38. The van der Waals surface area contributed by atoms with Crippen molar-refractivity contribution in [3.8, 4) is 0 Å². The molecule has 0 atom stereocenters. The molecule has 0 radical (unpaired) electrons. The Bertz CT molecular complexity index is 603. The summed E-state index contributed by atoms with van der Waals surface area (Å²) >= 11 is 0. The number of benzene rings is 2. The summed E-state index contributed by atoms with van der Waals surface area (Å²) in [6, 6.07) is 21.6. The zero-order chi connectivity index (χ0) is 17.2. The number of nitrogens with zero attached hydrogens (tertiary/aromatic N) is 1. The van der Waals surface area contributed by atoms with Crippen LogP contribution < -0.4 is 10.6 Å². The van der Waals surface area contributed by atoms with Crippen molar-refractivity contribution in [2.75, 3.05) is 19.6 Å². The topological polar surface area (TPSA) is 36.4 Å². The average molecular weight is 372 g/mol. The second-order valence-corrected chi connectivity index (χ2v) is 6.66. The molecule has 4 heteroatoms. The summed E-state index contributed by atoms with van der Waals surface area (Å²) in [7, 11) is 0. The lowest BCUT2D eigenvalue weighted by molar-refractivity contribution is 0.646. The molecule has 0 saturated heterocycles. The molecule has 2 aromatic rings. The molecule has 0 aliphatic carbocycles. The molecular weight excluding hydrogens is 342 g/mol. The highest BCUT2D eigenvalue weighted by Crippen LogP contribution is 2.27. The van der Waals surface area contributed by atoms with Crippen LogP contribution in [0.5, 0.6) is 0 Å². The van der Waals surface area contributed by atoms with Crippen LogP contribution in [0.1, 0.15) is 49.1 Å². The lowest BCUT2D eigenvalue weighted by Crippen LogP contribution is -2.38. The second-order valence-electron chi connectivity index (χ2n) is 6.66. The molecule has 26 heavy (non-hydrogen) atoms. The first-order valence-corrected chi connectivity index (χ1v) is 9.55. The maximum absolute atomic E-state index is 4.68. The van der Waals surface area contributed by atoms with Crippen LogP contribution in [0.4, 0.5) is 0 Å². The smallest absolute Gasteiger partial charge is 0.191 e. The first-order chi connectivity index (χ1) is 12.4. The molecule has 0 amide bonds. The molecule has 0 fully saturated rings. The summed E-state index contributed by atoms with van der Waals surface area (Å²) in [4.78, 5) is 4.68. The number of nitrogens with one attached hydrogen (secondary N) is 2. The average Bonchev–Trinajstić information content (AvgIpc) is 2.81. The molecule has 1 heterocycles. The van der Waals surface area contributed by atoms with Gasteiger partial charge < -0.3 is 10.6 Å². The van der Waals surface area contributed by atoms with Crippen molar-refractivity contribution in [1.82, 2.24) is 10.6 Å². The fraction of sp³-hybridized carbons (Fsp3) is 0.409. The monoisotopic (exact) mass is 371 g/mol. The number of rotatable bonds is 5. The van der Waals surface area contributed by atoms with Gasteiger partial charge in [0.15, 0.2) is 5.96 Å². The number of hydrogen-bond acceptors (Lipinski definition) is 3. The van der Waals surface area contributed by atoms with Crippen LogP contribution in [0.3, 0.4) is 0 Å². The Morgan fingerprint density at radius 2 is 1.46 bits per heavy atom. The molecule has 0 bridgehead atoms. The van der Waals surface area contributed by atoms with E-state index in [-0.39, 0.29) is 12.4 Å². The van der Waals surface area contributed by atoms with E-state index < -0.39 is 0 Å². The number of hydrogen-bond donors (Lipinski definition) is 2. The molecule has 0 aromatic heterocycles. The Morgan fingerprint density at radius 3 is 2.12 bits per heavy atom. The molecule has 1 aliphatic rings. The van der Waals surface area contributed by atoms with Crippen molar-refractivity contribution in [3.05, 3.63) is 71.8 Å². The highest BCUT2D eigenvalue weighted by molar-refractivity contribution is 5.85. The summed E-state index contributed by atoms with van der Waals surface area (Å²) < 4.78 is 0. The van der Waals surface area contributed by atoms with Crippen molar-refractivity contribution in [1.29, 1.82) is 0 Å². The summed E-state index contributed by atoms with van der Waals surface area (Å²) in [6.45, 7) is 2.86. The Balaban J connectivity index is 0.00000243. The number of guanidine groups is 1. The molecule has 2 N–H and O–H groups in total. The van der Waals surface area contributed by atoms with Crippen molar-refractivity contribution >= 4 is 18.4 Å². The van der Waals surface area contributed by atoms with E-state index >= 15 is 0 Å². The summed E-state index contributed by atoms with van der Waals surface area (Å²) in [5.41, 5.74) is 2.75. The minimum atomic E-state index is 0. The van der Waals surface area contributed by atoms with Gasteiger partial charge in [-0.1, -0.05) is 73.5 Å². The molecule has 3 nitrogen and oxygen atoms in total. The van der Waals surface area contributed by atoms with Gasteiger partial charge in [-0.3, -0.25) is 4.99 Å². The number of halogens is 1. The van der Waals surface area contributed by atoms with Crippen LogP contribution in [-0.2, 0) is 0 Å². The predicted octanol–water partition coefficient (Wildman–Crippen LogP) is 4.74. The van der Waals surface area contributed by atoms with Gasteiger partial charge in [0, 0.05) is 25.6 Å². The van der Waals surface area contributed by atoms with Crippen LogP contribution in [0.25, 0.3) is 0 Å². The van der Waals surface area contributed by atoms with E-state index in [9.17, 15) is 0 Å². The van der Waals surface area contributed by atoms with Gasteiger partial charge in [-0.05, 0) is 30.4 Å². The minimum absolute atomic E-state index is 0. The maximum atomic E-state index is 4.68. The SMILES string of the molecule is Cl.c1ccc(C(CCNC2=NCCCCCCN2)c2ccccc2)cc1. The van der Waals surface area contributed by atoms with Gasteiger partial charge in [0.05, 0.1) is 0 Å².